The number of likely N-dealkylation sites (tertiary alicyclic amines) is 1. The summed E-state index contributed by atoms with van der Waals surface area (Å²) in [5.74, 6) is -1.68. The minimum absolute atomic E-state index is 0.0553. The number of hydrogen-bond donors (Lipinski definition) is 3. The van der Waals surface area contributed by atoms with Crippen molar-refractivity contribution in [2.75, 3.05) is 13.1 Å². The second kappa shape index (κ2) is 5.46. The highest BCUT2D eigenvalue weighted by molar-refractivity contribution is 5.86. The SMILES string of the molecule is CC(C)C(CN)C(=O)N1CC(O)CC1C(=O)O. The first-order valence-electron chi connectivity index (χ1n) is 5.79. The lowest BCUT2D eigenvalue weighted by Crippen LogP contribution is -2.46. The smallest absolute Gasteiger partial charge is 0.326 e. The van der Waals surface area contributed by atoms with Crippen molar-refractivity contribution in [1.82, 2.24) is 4.90 Å². The molecule has 3 atom stereocenters. The molecule has 6 nitrogen and oxygen atoms in total. The van der Waals surface area contributed by atoms with Crippen LogP contribution >= 0.6 is 0 Å². The molecule has 1 aliphatic rings. The first-order valence-corrected chi connectivity index (χ1v) is 5.79. The molecule has 1 fully saturated rings. The number of β-amino-alcohol motifs (C(OH)–C–C–N with tert-alkyl or cyclic N) is 1. The van der Waals surface area contributed by atoms with Crippen molar-refractivity contribution in [2.45, 2.75) is 32.4 Å². The van der Waals surface area contributed by atoms with Gasteiger partial charge in [0.1, 0.15) is 6.04 Å². The number of aliphatic carboxylic acids is 1. The Labute approximate surface area is 100 Å². The van der Waals surface area contributed by atoms with Gasteiger partial charge in [-0.1, -0.05) is 13.8 Å². The fourth-order valence-electron chi connectivity index (χ4n) is 2.16. The van der Waals surface area contributed by atoms with Crippen LogP contribution in [0.5, 0.6) is 0 Å². The zero-order chi connectivity index (χ0) is 13.2. The molecular formula is C11H20N2O4. The Kier molecular flexibility index (Phi) is 4.47. The van der Waals surface area contributed by atoms with Crippen LogP contribution in [0.3, 0.4) is 0 Å². The van der Waals surface area contributed by atoms with Crippen molar-refractivity contribution in [2.24, 2.45) is 17.6 Å². The van der Waals surface area contributed by atoms with Crippen LogP contribution in [0, 0.1) is 11.8 Å². The number of aliphatic hydroxyl groups is 1. The number of carbonyl (C=O) groups excluding carboxylic acids is 1. The first-order chi connectivity index (χ1) is 7.88. The summed E-state index contributed by atoms with van der Waals surface area (Å²) in [6, 6.07) is -0.926. The molecule has 3 unspecified atom stereocenters. The molecule has 0 aliphatic carbocycles. The maximum absolute atomic E-state index is 12.1. The highest BCUT2D eigenvalue weighted by atomic mass is 16.4. The van der Waals surface area contributed by atoms with Gasteiger partial charge >= 0.3 is 5.97 Å². The number of nitrogens with zero attached hydrogens (tertiary/aromatic N) is 1. The van der Waals surface area contributed by atoms with Crippen LogP contribution in [0.25, 0.3) is 0 Å². The number of carboxylic acid groups (broad SMARTS) is 1. The van der Waals surface area contributed by atoms with Gasteiger partial charge in [0.2, 0.25) is 5.91 Å². The van der Waals surface area contributed by atoms with E-state index in [0.717, 1.165) is 0 Å². The lowest BCUT2D eigenvalue weighted by atomic mass is 9.94. The van der Waals surface area contributed by atoms with E-state index in [9.17, 15) is 14.7 Å². The topological polar surface area (TPSA) is 104 Å². The summed E-state index contributed by atoms with van der Waals surface area (Å²) in [4.78, 5) is 24.4. The quantitative estimate of drug-likeness (QED) is 0.604. The fourth-order valence-corrected chi connectivity index (χ4v) is 2.16. The zero-order valence-electron chi connectivity index (χ0n) is 10.2. The van der Waals surface area contributed by atoms with E-state index < -0.39 is 18.1 Å². The lowest BCUT2D eigenvalue weighted by molar-refractivity contribution is -0.150. The molecule has 0 bridgehead atoms. The normalized spacial score (nSPS) is 26.3. The van der Waals surface area contributed by atoms with Gasteiger partial charge in [0.05, 0.1) is 12.0 Å². The number of aliphatic hydroxyl groups excluding tert-OH is 1. The predicted molar refractivity (Wildman–Crippen MR) is 61.1 cm³/mol. The molecule has 1 aliphatic heterocycles. The molecule has 1 saturated heterocycles. The van der Waals surface area contributed by atoms with Gasteiger partial charge < -0.3 is 20.8 Å². The van der Waals surface area contributed by atoms with Gasteiger partial charge in [0, 0.05) is 19.5 Å². The van der Waals surface area contributed by atoms with Crippen LogP contribution in [-0.4, -0.2) is 52.2 Å². The van der Waals surface area contributed by atoms with Crippen molar-refractivity contribution in [3.8, 4) is 0 Å². The Morgan fingerprint density at radius 3 is 2.47 bits per heavy atom. The average Bonchev–Trinajstić information content (AvgIpc) is 2.60. The molecule has 6 heteroatoms. The second-order valence-corrected chi connectivity index (χ2v) is 4.82. The van der Waals surface area contributed by atoms with E-state index in [2.05, 4.69) is 0 Å². The fraction of sp³-hybridized carbons (Fsp3) is 0.818. The minimum atomic E-state index is -1.07. The first kappa shape index (κ1) is 13.9. The summed E-state index contributed by atoms with van der Waals surface area (Å²) < 4.78 is 0. The maximum Gasteiger partial charge on any atom is 0.326 e. The Morgan fingerprint density at radius 2 is 2.06 bits per heavy atom. The second-order valence-electron chi connectivity index (χ2n) is 4.82. The van der Waals surface area contributed by atoms with Crippen LogP contribution < -0.4 is 5.73 Å². The van der Waals surface area contributed by atoms with E-state index >= 15 is 0 Å². The van der Waals surface area contributed by atoms with Crippen LogP contribution in [-0.2, 0) is 9.59 Å². The van der Waals surface area contributed by atoms with Gasteiger partial charge in [0.25, 0.3) is 0 Å². The average molecular weight is 244 g/mol. The van der Waals surface area contributed by atoms with Gasteiger partial charge in [-0.05, 0) is 5.92 Å². The Bertz CT molecular complexity index is 306. The third kappa shape index (κ3) is 2.95. The Balaban J connectivity index is 2.83. The van der Waals surface area contributed by atoms with Gasteiger partial charge in [-0.3, -0.25) is 4.79 Å². The number of amides is 1. The van der Waals surface area contributed by atoms with Crippen LogP contribution in [0.2, 0.25) is 0 Å². The van der Waals surface area contributed by atoms with Gasteiger partial charge in [-0.2, -0.15) is 0 Å². The zero-order valence-corrected chi connectivity index (χ0v) is 10.2. The van der Waals surface area contributed by atoms with Gasteiger partial charge in [-0.25, -0.2) is 4.79 Å². The molecule has 1 heterocycles. The van der Waals surface area contributed by atoms with Crippen LogP contribution in [0.1, 0.15) is 20.3 Å². The molecule has 1 amide bonds. The molecule has 0 spiro atoms. The summed E-state index contributed by atoms with van der Waals surface area (Å²) in [7, 11) is 0. The summed E-state index contributed by atoms with van der Waals surface area (Å²) in [5.41, 5.74) is 5.54. The van der Waals surface area contributed by atoms with Crippen molar-refractivity contribution in [1.29, 1.82) is 0 Å². The molecule has 0 radical (unpaired) electrons. The number of nitrogens with two attached hydrogens (primary N) is 1. The summed E-state index contributed by atoms with van der Waals surface area (Å²) in [5, 5.41) is 18.5. The molecule has 98 valence electrons. The van der Waals surface area contributed by atoms with E-state index in [-0.39, 0.29) is 37.3 Å². The number of hydrogen-bond acceptors (Lipinski definition) is 4. The van der Waals surface area contributed by atoms with Crippen molar-refractivity contribution >= 4 is 11.9 Å². The van der Waals surface area contributed by atoms with Gasteiger partial charge in [0.15, 0.2) is 0 Å². The number of rotatable bonds is 4. The van der Waals surface area contributed by atoms with E-state index in [1.54, 1.807) is 0 Å². The highest BCUT2D eigenvalue weighted by Gasteiger charge is 2.41. The summed E-state index contributed by atoms with van der Waals surface area (Å²) in [6.45, 7) is 4.02. The summed E-state index contributed by atoms with van der Waals surface area (Å²) in [6.07, 6.45) is -0.665. The Morgan fingerprint density at radius 1 is 1.47 bits per heavy atom. The summed E-state index contributed by atoms with van der Waals surface area (Å²) >= 11 is 0. The number of carboxylic acids is 1. The van der Waals surface area contributed by atoms with E-state index in [0.29, 0.717) is 0 Å². The van der Waals surface area contributed by atoms with Crippen molar-refractivity contribution < 1.29 is 19.8 Å². The minimum Gasteiger partial charge on any atom is -0.480 e. The van der Waals surface area contributed by atoms with Crippen LogP contribution in [0.4, 0.5) is 0 Å². The van der Waals surface area contributed by atoms with E-state index in [4.69, 9.17) is 10.8 Å². The largest absolute Gasteiger partial charge is 0.480 e. The molecular weight excluding hydrogens is 224 g/mol. The lowest BCUT2D eigenvalue weighted by Gasteiger charge is -2.27. The van der Waals surface area contributed by atoms with Crippen molar-refractivity contribution in [3.05, 3.63) is 0 Å². The molecule has 0 aromatic heterocycles. The molecule has 0 saturated carbocycles. The molecule has 4 N–H and O–H groups in total. The molecule has 17 heavy (non-hydrogen) atoms. The molecule has 0 aromatic carbocycles. The number of carbonyl (C=O) groups is 2. The van der Waals surface area contributed by atoms with Gasteiger partial charge in [-0.15, -0.1) is 0 Å². The highest BCUT2D eigenvalue weighted by Crippen LogP contribution is 2.23. The predicted octanol–water partition coefficient (Wildman–Crippen LogP) is -0.736. The standard InChI is InChI=1S/C11H20N2O4/c1-6(2)8(4-12)10(15)13-5-7(14)3-9(13)11(16)17/h6-9,14H,3-5,12H2,1-2H3,(H,16,17). The maximum atomic E-state index is 12.1. The van der Waals surface area contributed by atoms with Crippen molar-refractivity contribution in [3.63, 3.8) is 0 Å². The third-order valence-corrected chi connectivity index (χ3v) is 3.22. The molecule has 1 rings (SSSR count). The molecule has 0 aromatic rings. The monoisotopic (exact) mass is 244 g/mol. The van der Waals surface area contributed by atoms with Crippen LogP contribution in [0.15, 0.2) is 0 Å². The van der Waals surface area contributed by atoms with E-state index in [1.165, 1.54) is 4.90 Å². The van der Waals surface area contributed by atoms with E-state index in [1.807, 2.05) is 13.8 Å². The Hall–Kier alpha value is -1.14. The third-order valence-electron chi connectivity index (χ3n) is 3.22.